The molecule has 4 aromatic rings. The number of hydrogen-bond acceptors (Lipinski definition) is 5. The van der Waals surface area contributed by atoms with Crippen LogP contribution >= 0.6 is 11.6 Å². The van der Waals surface area contributed by atoms with Gasteiger partial charge in [0.1, 0.15) is 11.5 Å². The molecule has 3 aliphatic rings. The first-order chi connectivity index (χ1) is 19.0. The van der Waals surface area contributed by atoms with E-state index in [4.69, 9.17) is 21.1 Å². The van der Waals surface area contributed by atoms with Gasteiger partial charge in [0, 0.05) is 16.9 Å². The molecule has 0 N–H and O–H groups in total. The van der Waals surface area contributed by atoms with E-state index in [0.29, 0.717) is 22.8 Å². The summed E-state index contributed by atoms with van der Waals surface area (Å²) in [6.45, 7) is 0. The molecule has 2 heterocycles. The van der Waals surface area contributed by atoms with Gasteiger partial charge in [-0.15, -0.1) is 0 Å². The summed E-state index contributed by atoms with van der Waals surface area (Å²) in [7, 11) is 1.59. The molecular formula is C32H22ClNO5. The predicted molar refractivity (Wildman–Crippen MR) is 148 cm³/mol. The number of ether oxygens (including phenoxy) is 2. The molecule has 6 nitrogen and oxygen atoms in total. The van der Waals surface area contributed by atoms with Crippen LogP contribution in [0.3, 0.4) is 0 Å². The fraction of sp³-hybridized carbons (Fsp3) is 0.156. The number of rotatable bonds is 3. The van der Waals surface area contributed by atoms with Gasteiger partial charge in [0.15, 0.2) is 0 Å². The molecule has 7 rings (SSSR count). The van der Waals surface area contributed by atoms with E-state index in [1.807, 2.05) is 66.7 Å². The molecule has 4 aromatic carbocycles. The summed E-state index contributed by atoms with van der Waals surface area (Å²) in [5, 5.41) is 2.05. The van der Waals surface area contributed by atoms with Crippen LogP contribution in [0.2, 0.25) is 5.02 Å². The second-order valence-electron chi connectivity index (χ2n) is 10.00. The average Bonchev–Trinajstić information content (AvgIpc) is 3.22. The van der Waals surface area contributed by atoms with Crippen molar-refractivity contribution in [2.45, 2.75) is 5.92 Å². The van der Waals surface area contributed by atoms with E-state index in [-0.39, 0.29) is 10.9 Å². The smallest absolute Gasteiger partial charge is 0.319 e. The summed E-state index contributed by atoms with van der Waals surface area (Å²) in [5.41, 5.74) is 2.62. The summed E-state index contributed by atoms with van der Waals surface area (Å²) < 4.78 is 11.3. The van der Waals surface area contributed by atoms with E-state index in [0.717, 1.165) is 26.8 Å². The lowest BCUT2D eigenvalue weighted by molar-refractivity contribution is -0.142. The molecule has 0 aromatic heterocycles. The van der Waals surface area contributed by atoms with E-state index in [2.05, 4.69) is 0 Å². The Morgan fingerprint density at radius 1 is 0.821 bits per heavy atom. The zero-order valence-corrected chi connectivity index (χ0v) is 21.6. The third kappa shape index (κ3) is 3.45. The summed E-state index contributed by atoms with van der Waals surface area (Å²) in [4.78, 5) is 43.0. The summed E-state index contributed by atoms with van der Waals surface area (Å²) in [6, 6.07) is 25.8. The van der Waals surface area contributed by atoms with Crippen LogP contribution < -0.4 is 14.4 Å². The van der Waals surface area contributed by atoms with E-state index in [1.165, 1.54) is 0 Å². The Labute approximate surface area is 229 Å². The highest BCUT2D eigenvalue weighted by Crippen LogP contribution is 2.56. The largest absolute Gasteiger partial charge is 0.497 e. The Hall–Kier alpha value is -4.42. The highest BCUT2D eigenvalue weighted by atomic mass is 35.5. The molecule has 1 saturated heterocycles. The van der Waals surface area contributed by atoms with Gasteiger partial charge in [-0.05, 0) is 40.8 Å². The molecule has 2 aliphatic heterocycles. The zero-order valence-electron chi connectivity index (χ0n) is 20.8. The van der Waals surface area contributed by atoms with E-state index in [9.17, 15) is 14.4 Å². The molecule has 0 bridgehead atoms. The van der Waals surface area contributed by atoms with E-state index >= 15 is 0 Å². The Kier molecular flexibility index (Phi) is 5.35. The minimum Gasteiger partial charge on any atom is -0.497 e. The number of hydrogen-bond donors (Lipinski definition) is 0. The van der Waals surface area contributed by atoms with E-state index in [1.54, 1.807) is 31.4 Å². The van der Waals surface area contributed by atoms with Crippen molar-refractivity contribution in [2.75, 3.05) is 12.0 Å². The lowest BCUT2D eigenvalue weighted by atomic mass is 9.64. The number of para-hydroxylation sites is 1. The Morgan fingerprint density at radius 2 is 1.54 bits per heavy atom. The SMILES string of the molecule is COc1ccc([C@@H]2C=C3c4ccc5ccccc5c4OC(=O)[C@@H]3[C@H]3C(=O)N(c4ccccc4Cl)C(=O)[C@@H]32)cc1. The molecule has 0 unspecified atom stereocenters. The third-order valence-electron chi connectivity index (χ3n) is 8.08. The summed E-state index contributed by atoms with van der Waals surface area (Å²) in [6.07, 6.45) is 1.98. The number of benzene rings is 4. The molecule has 192 valence electrons. The molecule has 4 atom stereocenters. The van der Waals surface area contributed by atoms with Crippen LogP contribution in [0.4, 0.5) is 5.69 Å². The highest BCUT2D eigenvalue weighted by Gasteiger charge is 2.60. The van der Waals surface area contributed by atoms with Gasteiger partial charge in [0.2, 0.25) is 11.8 Å². The van der Waals surface area contributed by atoms with Crippen molar-refractivity contribution in [1.29, 1.82) is 0 Å². The monoisotopic (exact) mass is 535 g/mol. The number of carbonyl (C=O) groups is 3. The van der Waals surface area contributed by atoms with Crippen LogP contribution in [0.1, 0.15) is 17.0 Å². The van der Waals surface area contributed by atoms with Gasteiger partial charge in [0.05, 0.1) is 35.6 Å². The molecule has 7 heteroatoms. The molecule has 1 fully saturated rings. The first kappa shape index (κ1) is 23.7. The number of carbonyl (C=O) groups excluding carboxylic acids is 3. The first-order valence-corrected chi connectivity index (χ1v) is 13.1. The van der Waals surface area contributed by atoms with Gasteiger partial charge < -0.3 is 9.47 Å². The number of nitrogens with zero attached hydrogens (tertiary/aromatic N) is 1. The molecule has 1 aliphatic carbocycles. The third-order valence-corrected chi connectivity index (χ3v) is 8.40. The van der Waals surface area contributed by atoms with Crippen molar-refractivity contribution < 1.29 is 23.9 Å². The molecule has 0 saturated carbocycles. The Morgan fingerprint density at radius 3 is 2.31 bits per heavy atom. The van der Waals surface area contributed by atoms with Crippen molar-refractivity contribution in [1.82, 2.24) is 0 Å². The van der Waals surface area contributed by atoms with Gasteiger partial charge in [0.25, 0.3) is 0 Å². The second-order valence-corrected chi connectivity index (χ2v) is 10.4. The van der Waals surface area contributed by atoms with Gasteiger partial charge in [-0.25, -0.2) is 4.90 Å². The Balaban J connectivity index is 1.45. The fourth-order valence-electron chi connectivity index (χ4n) is 6.31. The molecule has 0 spiro atoms. The number of anilines is 1. The van der Waals surface area contributed by atoms with Crippen LogP contribution in [-0.2, 0) is 14.4 Å². The average molecular weight is 536 g/mol. The quantitative estimate of drug-likeness (QED) is 0.182. The van der Waals surface area contributed by atoms with Crippen molar-refractivity contribution in [3.05, 3.63) is 107 Å². The molecular weight excluding hydrogens is 514 g/mol. The van der Waals surface area contributed by atoms with E-state index < -0.39 is 35.5 Å². The number of halogens is 1. The number of allylic oxidation sites excluding steroid dienone is 1. The molecule has 0 radical (unpaired) electrons. The van der Waals surface area contributed by atoms with Crippen molar-refractivity contribution in [3.8, 4) is 11.5 Å². The number of esters is 1. The topological polar surface area (TPSA) is 72.9 Å². The van der Waals surface area contributed by atoms with Crippen LogP contribution in [-0.4, -0.2) is 24.9 Å². The fourth-order valence-corrected chi connectivity index (χ4v) is 6.53. The maximum atomic E-state index is 14.1. The molecule has 39 heavy (non-hydrogen) atoms. The normalized spacial score (nSPS) is 23.6. The van der Waals surface area contributed by atoms with Crippen LogP contribution in [0.5, 0.6) is 11.5 Å². The maximum absolute atomic E-state index is 14.1. The van der Waals surface area contributed by atoms with Gasteiger partial charge in [-0.1, -0.05) is 78.3 Å². The number of fused-ring (bicyclic) bond motifs is 7. The minimum atomic E-state index is -0.937. The van der Waals surface area contributed by atoms with Crippen LogP contribution in [0, 0.1) is 17.8 Å². The van der Waals surface area contributed by atoms with Gasteiger partial charge >= 0.3 is 5.97 Å². The summed E-state index contributed by atoms with van der Waals surface area (Å²) in [5.74, 6) is -3.31. The van der Waals surface area contributed by atoms with Crippen LogP contribution in [0.25, 0.3) is 16.3 Å². The van der Waals surface area contributed by atoms with Gasteiger partial charge in [-0.2, -0.15) is 0 Å². The second kappa shape index (κ2) is 8.82. The lowest BCUT2D eigenvalue weighted by Crippen LogP contribution is -2.42. The van der Waals surface area contributed by atoms with Crippen molar-refractivity contribution >= 4 is 51.4 Å². The van der Waals surface area contributed by atoms with Crippen molar-refractivity contribution in [3.63, 3.8) is 0 Å². The van der Waals surface area contributed by atoms with Crippen LogP contribution in [0.15, 0.2) is 91.0 Å². The zero-order chi connectivity index (χ0) is 26.8. The first-order valence-electron chi connectivity index (χ1n) is 12.7. The standard InChI is InChI=1S/C32H22ClNO5/c1-38-19-13-10-18(11-14-19)22-16-23-21-15-12-17-6-2-3-7-20(17)29(21)39-32(37)27(23)28-26(22)30(35)34(31(28)36)25-9-5-4-8-24(25)33/h2-16,22,26-28H,1H3/t22-,26+,27-,28-/m0/s1. The summed E-state index contributed by atoms with van der Waals surface area (Å²) >= 11 is 6.44. The number of imide groups is 1. The maximum Gasteiger partial charge on any atom is 0.319 e. The number of amides is 2. The molecule has 2 amide bonds. The van der Waals surface area contributed by atoms with Gasteiger partial charge in [-0.3, -0.25) is 14.4 Å². The lowest BCUT2D eigenvalue weighted by Gasteiger charge is -2.38. The highest BCUT2D eigenvalue weighted by molar-refractivity contribution is 6.36. The Bertz CT molecular complexity index is 1730. The predicted octanol–water partition coefficient (Wildman–Crippen LogP) is 6.02. The minimum absolute atomic E-state index is 0.287. The number of methoxy groups -OCH3 is 1. The van der Waals surface area contributed by atoms with Crippen molar-refractivity contribution in [2.24, 2.45) is 17.8 Å².